The third-order valence-corrected chi connectivity index (χ3v) is 3.88. The van der Waals surface area contributed by atoms with Gasteiger partial charge in [0, 0.05) is 23.5 Å². The van der Waals surface area contributed by atoms with Gasteiger partial charge in [0.25, 0.3) is 5.91 Å². The molecule has 0 atom stereocenters. The first-order valence-electron chi connectivity index (χ1n) is 8.01. The van der Waals surface area contributed by atoms with Crippen molar-refractivity contribution in [1.82, 2.24) is 20.2 Å². The topological polar surface area (TPSA) is 92.8 Å². The summed E-state index contributed by atoms with van der Waals surface area (Å²) in [7, 11) is 0. The van der Waals surface area contributed by atoms with Crippen LogP contribution in [0.1, 0.15) is 16.1 Å². The number of carbonyl (C=O) groups excluding carboxylic acids is 1. The number of nitrogens with one attached hydrogen (secondary N) is 2. The molecular formula is C19H15N5O2. The highest BCUT2D eigenvalue weighted by molar-refractivity contribution is 6.11. The van der Waals surface area contributed by atoms with Crippen molar-refractivity contribution in [1.29, 1.82) is 0 Å². The average molecular weight is 345 g/mol. The van der Waals surface area contributed by atoms with E-state index in [2.05, 4.69) is 25.5 Å². The number of rotatable bonds is 4. The summed E-state index contributed by atoms with van der Waals surface area (Å²) < 4.78 is 5.60. The predicted molar refractivity (Wildman–Crippen MR) is 97.3 cm³/mol. The van der Waals surface area contributed by atoms with E-state index in [1.165, 1.54) is 0 Å². The van der Waals surface area contributed by atoms with Gasteiger partial charge in [0.05, 0.1) is 5.52 Å². The van der Waals surface area contributed by atoms with Gasteiger partial charge in [0.2, 0.25) is 0 Å². The number of fused-ring (bicyclic) bond motifs is 1. The van der Waals surface area contributed by atoms with E-state index in [1.54, 1.807) is 30.6 Å². The fraction of sp³-hybridized carbons (Fsp3) is 0.0526. The van der Waals surface area contributed by atoms with Crippen molar-refractivity contribution in [2.45, 2.75) is 6.92 Å². The predicted octanol–water partition coefficient (Wildman–Crippen LogP) is 3.71. The molecule has 0 bridgehead atoms. The lowest BCUT2D eigenvalue weighted by Crippen LogP contribution is -2.13. The Morgan fingerprint density at radius 2 is 1.88 bits per heavy atom. The normalized spacial score (nSPS) is 10.7. The molecule has 0 fully saturated rings. The monoisotopic (exact) mass is 345 g/mol. The van der Waals surface area contributed by atoms with Crippen LogP contribution in [-0.2, 0) is 0 Å². The van der Waals surface area contributed by atoms with Gasteiger partial charge in [-0.2, -0.15) is 5.10 Å². The van der Waals surface area contributed by atoms with Crippen LogP contribution in [0.4, 0.5) is 5.69 Å². The zero-order valence-corrected chi connectivity index (χ0v) is 13.9. The number of aromatic amines is 1. The van der Waals surface area contributed by atoms with Crippen molar-refractivity contribution in [2.24, 2.45) is 0 Å². The fourth-order valence-corrected chi connectivity index (χ4v) is 2.60. The van der Waals surface area contributed by atoms with Crippen molar-refractivity contribution >= 4 is 22.5 Å². The molecule has 0 aliphatic heterocycles. The number of ether oxygens (including phenoxy) is 1. The second-order valence-corrected chi connectivity index (χ2v) is 5.68. The van der Waals surface area contributed by atoms with E-state index in [-0.39, 0.29) is 11.9 Å². The minimum Gasteiger partial charge on any atom is -0.424 e. The summed E-state index contributed by atoms with van der Waals surface area (Å²) >= 11 is 0. The summed E-state index contributed by atoms with van der Waals surface area (Å²) in [4.78, 5) is 20.6. The molecule has 0 aliphatic carbocycles. The highest BCUT2D eigenvalue weighted by Gasteiger charge is 2.15. The van der Waals surface area contributed by atoms with Gasteiger partial charge in [0.1, 0.15) is 5.75 Å². The van der Waals surface area contributed by atoms with Crippen molar-refractivity contribution in [2.75, 3.05) is 5.32 Å². The standard InChI is InChI=1S/C19H15N5O2/c1-12-11-13(26-19-20-9-4-10-21-19)7-8-15(12)22-18(25)17-14-5-2-3-6-16(14)23-24-17/h2-11H,1H3,(H,22,25)(H,23,24). The third kappa shape index (κ3) is 3.10. The van der Waals surface area contributed by atoms with Crippen molar-refractivity contribution in [3.8, 4) is 11.8 Å². The Balaban J connectivity index is 1.54. The van der Waals surface area contributed by atoms with Gasteiger partial charge in [-0.05, 0) is 42.8 Å². The van der Waals surface area contributed by atoms with Crippen LogP contribution < -0.4 is 10.1 Å². The van der Waals surface area contributed by atoms with Crippen LogP contribution in [0.25, 0.3) is 10.9 Å². The van der Waals surface area contributed by atoms with E-state index < -0.39 is 0 Å². The SMILES string of the molecule is Cc1cc(Oc2ncccn2)ccc1NC(=O)c1n[nH]c2ccccc12. The van der Waals surface area contributed by atoms with Gasteiger partial charge in [-0.3, -0.25) is 9.89 Å². The Labute approximate surface area is 149 Å². The van der Waals surface area contributed by atoms with E-state index in [0.717, 1.165) is 16.5 Å². The molecular weight excluding hydrogens is 330 g/mol. The Kier molecular flexibility index (Phi) is 4.03. The van der Waals surface area contributed by atoms with Crippen LogP contribution in [0.5, 0.6) is 11.8 Å². The number of anilines is 1. The molecule has 0 aliphatic rings. The molecule has 26 heavy (non-hydrogen) atoms. The summed E-state index contributed by atoms with van der Waals surface area (Å²) in [6.45, 7) is 1.89. The number of hydrogen-bond acceptors (Lipinski definition) is 5. The van der Waals surface area contributed by atoms with E-state index in [0.29, 0.717) is 17.1 Å². The van der Waals surface area contributed by atoms with Crippen LogP contribution in [-0.4, -0.2) is 26.1 Å². The number of carbonyl (C=O) groups is 1. The molecule has 0 saturated heterocycles. The number of para-hydroxylation sites is 1. The summed E-state index contributed by atoms with van der Waals surface area (Å²) in [6.07, 6.45) is 3.22. The number of hydrogen-bond donors (Lipinski definition) is 2. The van der Waals surface area contributed by atoms with Crippen LogP contribution in [0.15, 0.2) is 60.9 Å². The van der Waals surface area contributed by atoms with Crippen LogP contribution in [0, 0.1) is 6.92 Å². The molecule has 4 aromatic rings. The Morgan fingerprint density at radius 1 is 1.08 bits per heavy atom. The molecule has 0 unspecified atom stereocenters. The Bertz CT molecular complexity index is 1080. The second kappa shape index (κ2) is 6.64. The highest BCUT2D eigenvalue weighted by Crippen LogP contribution is 2.25. The van der Waals surface area contributed by atoms with Crippen LogP contribution >= 0.6 is 0 Å². The number of aromatic nitrogens is 4. The summed E-state index contributed by atoms with van der Waals surface area (Å²) in [5, 5.41) is 10.6. The molecule has 1 amide bonds. The quantitative estimate of drug-likeness (QED) is 0.588. The second-order valence-electron chi connectivity index (χ2n) is 5.68. The molecule has 128 valence electrons. The van der Waals surface area contributed by atoms with E-state index in [4.69, 9.17) is 4.74 Å². The van der Waals surface area contributed by atoms with Gasteiger partial charge in [-0.1, -0.05) is 18.2 Å². The Hall–Kier alpha value is -3.74. The van der Waals surface area contributed by atoms with Gasteiger partial charge >= 0.3 is 6.01 Å². The smallest absolute Gasteiger partial charge is 0.321 e. The van der Waals surface area contributed by atoms with Crippen molar-refractivity contribution in [3.05, 3.63) is 72.2 Å². The maximum absolute atomic E-state index is 12.6. The van der Waals surface area contributed by atoms with Crippen LogP contribution in [0.2, 0.25) is 0 Å². The first kappa shape index (κ1) is 15.8. The molecule has 2 aromatic carbocycles. The van der Waals surface area contributed by atoms with Crippen LogP contribution in [0.3, 0.4) is 0 Å². The number of amides is 1. The summed E-state index contributed by atoms with van der Waals surface area (Å²) in [5.41, 5.74) is 2.72. The average Bonchev–Trinajstić information content (AvgIpc) is 3.09. The van der Waals surface area contributed by atoms with E-state index >= 15 is 0 Å². The van der Waals surface area contributed by atoms with Crippen molar-refractivity contribution < 1.29 is 9.53 Å². The van der Waals surface area contributed by atoms with Crippen molar-refractivity contribution in [3.63, 3.8) is 0 Å². The van der Waals surface area contributed by atoms with E-state index in [9.17, 15) is 4.79 Å². The lowest BCUT2D eigenvalue weighted by atomic mass is 10.1. The maximum Gasteiger partial charge on any atom is 0.321 e. The molecule has 0 radical (unpaired) electrons. The Morgan fingerprint density at radius 3 is 2.69 bits per heavy atom. The zero-order valence-electron chi connectivity index (χ0n) is 13.9. The molecule has 4 rings (SSSR count). The molecule has 0 saturated carbocycles. The molecule has 7 nitrogen and oxygen atoms in total. The van der Waals surface area contributed by atoms with Gasteiger partial charge in [-0.15, -0.1) is 0 Å². The maximum atomic E-state index is 12.6. The summed E-state index contributed by atoms with van der Waals surface area (Å²) in [5.74, 6) is 0.322. The molecule has 2 aromatic heterocycles. The lowest BCUT2D eigenvalue weighted by Gasteiger charge is -2.10. The minimum absolute atomic E-state index is 0.270. The molecule has 2 heterocycles. The first-order valence-corrected chi connectivity index (χ1v) is 8.01. The highest BCUT2D eigenvalue weighted by atomic mass is 16.5. The summed E-state index contributed by atoms with van der Waals surface area (Å²) in [6, 6.07) is 14.8. The number of nitrogens with zero attached hydrogens (tertiary/aromatic N) is 3. The van der Waals surface area contributed by atoms with Gasteiger partial charge in [-0.25, -0.2) is 9.97 Å². The van der Waals surface area contributed by atoms with Gasteiger partial charge < -0.3 is 10.1 Å². The number of aryl methyl sites for hydroxylation is 1. The zero-order chi connectivity index (χ0) is 17.9. The number of benzene rings is 2. The number of H-pyrrole nitrogens is 1. The molecule has 2 N–H and O–H groups in total. The molecule has 0 spiro atoms. The van der Waals surface area contributed by atoms with E-state index in [1.807, 2.05) is 37.3 Å². The third-order valence-electron chi connectivity index (χ3n) is 3.88. The van der Waals surface area contributed by atoms with Gasteiger partial charge in [0.15, 0.2) is 5.69 Å². The fourth-order valence-electron chi connectivity index (χ4n) is 2.60. The lowest BCUT2D eigenvalue weighted by molar-refractivity contribution is 0.102. The largest absolute Gasteiger partial charge is 0.424 e. The molecule has 7 heteroatoms. The minimum atomic E-state index is -0.273. The first-order chi connectivity index (χ1) is 12.7.